The van der Waals surface area contributed by atoms with Gasteiger partial charge in [0, 0.05) is 0 Å². The van der Waals surface area contributed by atoms with E-state index in [-0.39, 0.29) is 18.8 Å². The van der Waals surface area contributed by atoms with E-state index in [0.29, 0.717) is 5.56 Å². The Bertz CT molecular complexity index is 489. The summed E-state index contributed by atoms with van der Waals surface area (Å²) in [7, 11) is 0. The van der Waals surface area contributed by atoms with Crippen molar-refractivity contribution in [2.24, 2.45) is 5.92 Å². The fourth-order valence-corrected chi connectivity index (χ4v) is 1.74. The lowest BCUT2D eigenvalue weighted by molar-refractivity contribution is -0.145. The lowest BCUT2D eigenvalue weighted by Crippen LogP contribution is -2.18. The van der Waals surface area contributed by atoms with Crippen molar-refractivity contribution in [1.29, 1.82) is 5.26 Å². The SMILES string of the molecule is CCOC(=O)C(C#N)Cc1ccc(C)c(O)c1C. The normalized spacial score (nSPS) is 11.7. The Labute approximate surface area is 107 Å². The van der Waals surface area contributed by atoms with E-state index in [0.717, 1.165) is 11.1 Å². The highest BCUT2D eigenvalue weighted by molar-refractivity contribution is 5.75. The molecule has 0 aliphatic heterocycles. The van der Waals surface area contributed by atoms with Gasteiger partial charge in [-0.25, -0.2) is 0 Å². The summed E-state index contributed by atoms with van der Waals surface area (Å²) in [6, 6.07) is 5.54. The number of esters is 1. The van der Waals surface area contributed by atoms with Crippen LogP contribution in [0.3, 0.4) is 0 Å². The van der Waals surface area contributed by atoms with Gasteiger partial charge >= 0.3 is 5.97 Å². The zero-order valence-electron chi connectivity index (χ0n) is 10.9. The van der Waals surface area contributed by atoms with E-state index in [1.54, 1.807) is 26.8 Å². The molecule has 1 N–H and O–H groups in total. The Balaban J connectivity index is 2.93. The van der Waals surface area contributed by atoms with Crippen molar-refractivity contribution in [3.8, 4) is 11.8 Å². The molecule has 0 spiro atoms. The quantitative estimate of drug-likeness (QED) is 0.828. The Hall–Kier alpha value is -2.02. The summed E-state index contributed by atoms with van der Waals surface area (Å²) in [4.78, 5) is 11.5. The predicted octanol–water partition coefficient (Wildman–Crippen LogP) is 2.25. The van der Waals surface area contributed by atoms with Crippen LogP contribution in [0.25, 0.3) is 0 Å². The third kappa shape index (κ3) is 3.01. The summed E-state index contributed by atoms with van der Waals surface area (Å²) >= 11 is 0. The second-order valence-corrected chi connectivity index (χ2v) is 4.15. The van der Waals surface area contributed by atoms with Crippen LogP contribution in [0.4, 0.5) is 0 Å². The maximum absolute atomic E-state index is 11.5. The van der Waals surface area contributed by atoms with Crippen LogP contribution < -0.4 is 0 Å². The van der Waals surface area contributed by atoms with Gasteiger partial charge in [0.25, 0.3) is 0 Å². The molecule has 1 unspecified atom stereocenters. The fourth-order valence-electron chi connectivity index (χ4n) is 1.74. The largest absolute Gasteiger partial charge is 0.507 e. The van der Waals surface area contributed by atoms with E-state index in [1.165, 1.54) is 0 Å². The van der Waals surface area contributed by atoms with Gasteiger partial charge in [0.05, 0.1) is 12.7 Å². The summed E-state index contributed by atoms with van der Waals surface area (Å²) in [6.45, 7) is 5.54. The van der Waals surface area contributed by atoms with E-state index < -0.39 is 11.9 Å². The average Bonchev–Trinajstić information content (AvgIpc) is 2.35. The minimum absolute atomic E-state index is 0.216. The van der Waals surface area contributed by atoms with Crippen molar-refractivity contribution in [2.45, 2.75) is 27.2 Å². The van der Waals surface area contributed by atoms with Gasteiger partial charge in [0.1, 0.15) is 11.7 Å². The van der Waals surface area contributed by atoms with Gasteiger partial charge in [0.15, 0.2) is 0 Å². The van der Waals surface area contributed by atoms with Gasteiger partial charge in [-0.1, -0.05) is 12.1 Å². The molecule has 1 atom stereocenters. The Morgan fingerprint density at radius 1 is 1.50 bits per heavy atom. The van der Waals surface area contributed by atoms with Crippen LogP contribution in [0.2, 0.25) is 0 Å². The van der Waals surface area contributed by atoms with Gasteiger partial charge in [-0.2, -0.15) is 5.26 Å². The topological polar surface area (TPSA) is 70.3 Å². The number of hydrogen-bond acceptors (Lipinski definition) is 4. The van der Waals surface area contributed by atoms with Gasteiger partial charge in [-0.15, -0.1) is 0 Å². The van der Waals surface area contributed by atoms with E-state index in [1.807, 2.05) is 12.1 Å². The van der Waals surface area contributed by atoms with Crippen LogP contribution in [0.1, 0.15) is 23.6 Å². The second-order valence-electron chi connectivity index (χ2n) is 4.15. The van der Waals surface area contributed by atoms with Crippen LogP contribution in [-0.4, -0.2) is 17.7 Å². The van der Waals surface area contributed by atoms with Crippen molar-refractivity contribution in [3.63, 3.8) is 0 Å². The minimum Gasteiger partial charge on any atom is -0.507 e. The second kappa shape index (κ2) is 6.06. The number of phenolic OH excluding ortho intramolecular Hbond substituents is 1. The van der Waals surface area contributed by atoms with Gasteiger partial charge in [0.2, 0.25) is 0 Å². The number of benzene rings is 1. The lowest BCUT2D eigenvalue weighted by Gasteiger charge is -2.12. The van der Waals surface area contributed by atoms with E-state index in [4.69, 9.17) is 10.00 Å². The first-order valence-electron chi connectivity index (χ1n) is 5.85. The van der Waals surface area contributed by atoms with Crippen LogP contribution in [0, 0.1) is 31.1 Å². The number of carbonyl (C=O) groups is 1. The minimum atomic E-state index is -0.828. The molecule has 0 amide bonds. The molecule has 4 heteroatoms. The van der Waals surface area contributed by atoms with E-state index in [9.17, 15) is 9.90 Å². The predicted molar refractivity (Wildman–Crippen MR) is 67.0 cm³/mol. The number of aromatic hydroxyl groups is 1. The van der Waals surface area contributed by atoms with E-state index in [2.05, 4.69) is 0 Å². The number of rotatable bonds is 4. The fraction of sp³-hybridized carbons (Fsp3) is 0.429. The third-order valence-corrected chi connectivity index (χ3v) is 2.90. The van der Waals surface area contributed by atoms with Crippen LogP contribution in [0.15, 0.2) is 12.1 Å². The van der Waals surface area contributed by atoms with Crippen LogP contribution >= 0.6 is 0 Å². The first-order valence-corrected chi connectivity index (χ1v) is 5.85. The summed E-state index contributed by atoms with van der Waals surface area (Å²) < 4.78 is 4.84. The molecule has 96 valence electrons. The smallest absolute Gasteiger partial charge is 0.323 e. The number of ether oxygens (including phenoxy) is 1. The molecular weight excluding hydrogens is 230 g/mol. The zero-order chi connectivity index (χ0) is 13.7. The number of hydrogen-bond donors (Lipinski definition) is 1. The van der Waals surface area contributed by atoms with Crippen molar-refractivity contribution in [1.82, 2.24) is 0 Å². The summed E-state index contributed by atoms with van der Waals surface area (Å²) in [5.74, 6) is -1.13. The Morgan fingerprint density at radius 2 is 2.17 bits per heavy atom. The van der Waals surface area contributed by atoms with E-state index >= 15 is 0 Å². The highest BCUT2D eigenvalue weighted by Crippen LogP contribution is 2.26. The standard InChI is InChI=1S/C14H17NO3/c1-4-18-14(17)12(8-15)7-11-6-5-9(2)13(16)10(11)3/h5-6,12,16H,4,7H2,1-3H3. The molecule has 0 radical (unpaired) electrons. The maximum atomic E-state index is 11.5. The number of nitriles is 1. The van der Waals surface area contributed by atoms with Crippen molar-refractivity contribution in [2.75, 3.05) is 6.61 Å². The van der Waals surface area contributed by atoms with Gasteiger partial charge in [-0.05, 0) is 43.9 Å². The number of nitrogens with zero attached hydrogens (tertiary/aromatic N) is 1. The zero-order valence-corrected chi connectivity index (χ0v) is 10.9. The highest BCUT2D eigenvalue weighted by Gasteiger charge is 2.21. The third-order valence-electron chi connectivity index (χ3n) is 2.90. The Kier molecular flexibility index (Phi) is 4.73. The number of phenols is 1. The molecule has 1 aromatic rings. The molecule has 0 aliphatic rings. The molecule has 4 nitrogen and oxygen atoms in total. The maximum Gasteiger partial charge on any atom is 0.323 e. The van der Waals surface area contributed by atoms with Crippen LogP contribution in [-0.2, 0) is 16.0 Å². The summed E-state index contributed by atoms with van der Waals surface area (Å²) in [5, 5.41) is 18.8. The highest BCUT2D eigenvalue weighted by atomic mass is 16.5. The molecule has 1 rings (SSSR count). The Morgan fingerprint density at radius 3 is 2.72 bits per heavy atom. The van der Waals surface area contributed by atoms with Crippen LogP contribution in [0.5, 0.6) is 5.75 Å². The first kappa shape index (κ1) is 14.0. The molecule has 1 aromatic carbocycles. The molecule has 0 bridgehead atoms. The molecular formula is C14H17NO3. The summed E-state index contributed by atoms with van der Waals surface area (Å²) in [5.41, 5.74) is 2.28. The number of carbonyl (C=O) groups excluding carboxylic acids is 1. The van der Waals surface area contributed by atoms with Crippen molar-refractivity contribution in [3.05, 3.63) is 28.8 Å². The molecule has 0 heterocycles. The molecule has 0 saturated heterocycles. The first-order chi connectivity index (χ1) is 8.51. The van der Waals surface area contributed by atoms with Gasteiger partial charge < -0.3 is 9.84 Å². The molecule has 0 fully saturated rings. The summed E-state index contributed by atoms with van der Waals surface area (Å²) in [6.07, 6.45) is 0.259. The monoisotopic (exact) mass is 247 g/mol. The number of aryl methyl sites for hydroxylation is 1. The molecule has 0 aliphatic carbocycles. The average molecular weight is 247 g/mol. The molecule has 0 aromatic heterocycles. The van der Waals surface area contributed by atoms with Crippen molar-refractivity contribution < 1.29 is 14.6 Å². The molecule has 18 heavy (non-hydrogen) atoms. The molecule has 0 saturated carbocycles. The van der Waals surface area contributed by atoms with Gasteiger partial charge in [-0.3, -0.25) is 4.79 Å². The lowest BCUT2D eigenvalue weighted by atomic mass is 9.95. The van der Waals surface area contributed by atoms with Crippen molar-refractivity contribution >= 4 is 5.97 Å².